The number of benzene rings is 1. The summed E-state index contributed by atoms with van der Waals surface area (Å²) in [6.07, 6.45) is 1.66. The van der Waals surface area contributed by atoms with E-state index in [-0.39, 0.29) is 11.8 Å². The maximum Gasteiger partial charge on any atom is 0.206 e. The molecule has 1 N–H and O–H groups in total. The third-order valence-corrected chi connectivity index (χ3v) is 5.35. The number of nitrogens with zero attached hydrogens (tertiary/aromatic N) is 3. The lowest BCUT2D eigenvalue weighted by molar-refractivity contribution is 0.474. The number of phenols is 1. The van der Waals surface area contributed by atoms with E-state index in [9.17, 15) is 5.11 Å². The summed E-state index contributed by atoms with van der Waals surface area (Å²) >= 11 is 6.64. The van der Waals surface area contributed by atoms with Crippen LogP contribution in [0.1, 0.15) is 19.4 Å². The maximum absolute atomic E-state index is 9.99. The topological polar surface area (TPSA) is 49.9 Å². The first-order valence-electron chi connectivity index (χ1n) is 7.35. The Labute approximate surface area is 156 Å². The van der Waals surface area contributed by atoms with Gasteiger partial charge in [-0.25, -0.2) is 4.68 Å². The van der Waals surface area contributed by atoms with Crippen LogP contribution in [0, 0.1) is 0 Å². The molecule has 3 rings (SSSR count). The molecule has 124 valence electrons. The second-order valence-corrected chi connectivity index (χ2v) is 8.06. The van der Waals surface area contributed by atoms with E-state index in [4.69, 9.17) is 0 Å². The van der Waals surface area contributed by atoms with E-state index in [1.54, 1.807) is 41.0 Å². The van der Waals surface area contributed by atoms with Crippen LogP contribution in [0.5, 0.6) is 5.75 Å². The minimum absolute atomic E-state index is 0.181. The molecule has 0 bridgehead atoms. The third-order valence-electron chi connectivity index (χ3n) is 3.13. The van der Waals surface area contributed by atoms with Crippen molar-refractivity contribution in [2.75, 3.05) is 0 Å². The molecule has 0 aliphatic carbocycles. The average molecular weight is 422 g/mol. The lowest BCUT2D eigenvalue weighted by Gasteiger charge is -2.03. The molecule has 0 unspecified atom stereocenters. The summed E-state index contributed by atoms with van der Waals surface area (Å²) in [5.41, 5.74) is 1.65. The van der Waals surface area contributed by atoms with E-state index >= 15 is 0 Å². The fourth-order valence-electron chi connectivity index (χ4n) is 2.06. The summed E-state index contributed by atoms with van der Waals surface area (Å²) in [5.74, 6) is 0.192. The molecule has 0 fully saturated rings. The highest BCUT2D eigenvalue weighted by Crippen LogP contribution is 2.25. The van der Waals surface area contributed by atoms with Crippen molar-refractivity contribution in [3.05, 3.63) is 55.9 Å². The van der Waals surface area contributed by atoms with Crippen LogP contribution in [0.25, 0.3) is 10.6 Å². The zero-order chi connectivity index (χ0) is 17.1. The molecule has 3 aromatic rings. The Kier molecular flexibility index (Phi) is 5.33. The highest BCUT2D eigenvalue weighted by molar-refractivity contribution is 9.10. The standard InChI is InChI=1S/C17H16BrN3OS2/c1-11(2)20-17-21(14(10-24-17)16-4-3-7-23-16)19-9-12-8-13(18)5-6-15(12)22/h3-11,22H,1-2H3. The van der Waals surface area contributed by atoms with Crippen LogP contribution in [-0.2, 0) is 0 Å². The SMILES string of the molecule is CC(C)N=c1scc(-c2cccs2)n1N=Cc1cc(Br)ccc1O. The molecule has 0 saturated carbocycles. The average Bonchev–Trinajstić information content (AvgIpc) is 3.17. The van der Waals surface area contributed by atoms with Gasteiger partial charge in [-0.05, 0) is 43.5 Å². The van der Waals surface area contributed by atoms with Crippen LogP contribution in [0.4, 0.5) is 0 Å². The molecule has 0 radical (unpaired) electrons. The molecule has 24 heavy (non-hydrogen) atoms. The first-order chi connectivity index (χ1) is 11.5. The molecule has 0 spiro atoms. The van der Waals surface area contributed by atoms with E-state index in [0.717, 1.165) is 19.8 Å². The molecule has 2 aromatic heterocycles. The number of rotatable bonds is 4. The van der Waals surface area contributed by atoms with Crippen molar-refractivity contribution in [2.24, 2.45) is 10.1 Å². The molecule has 0 atom stereocenters. The van der Waals surface area contributed by atoms with Crippen LogP contribution >= 0.6 is 38.6 Å². The Morgan fingerprint density at radius 3 is 2.79 bits per heavy atom. The normalized spacial score (nSPS) is 12.6. The number of phenolic OH excluding ortho intramolecular Hbond substituents is 1. The van der Waals surface area contributed by atoms with Gasteiger partial charge in [-0.15, -0.1) is 22.7 Å². The van der Waals surface area contributed by atoms with Crippen molar-refractivity contribution in [1.82, 2.24) is 4.68 Å². The second kappa shape index (κ2) is 7.46. The Balaban J connectivity index is 2.10. The Morgan fingerprint density at radius 1 is 1.25 bits per heavy atom. The van der Waals surface area contributed by atoms with Gasteiger partial charge in [-0.3, -0.25) is 4.99 Å². The molecule has 1 aromatic carbocycles. The van der Waals surface area contributed by atoms with Gasteiger partial charge >= 0.3 is 0 Å². The van der Waals surface area contributed by atoms with Gasteiger partial charge in [0.25, 0.3) is 0 Å². The van der Waals surface area contributed by atoms with E-state index in [1.165, 1.54) is 0 Å². The van der Waals surface area contributed by atoms with Gasteiger partial charge in [0.1, 0.15) is 5.75 Å². The molecule has 0 saturated heterocycles. The van der Waals surface area contributed by atoms with E-state index in [2.05, 4.69) is 37.5 Å². The summed E-state index contributed by atoms with van der Waals surface area (Å²) in [5, 5.41) is 18.7. The molecule has 7 heteroatoms. The number of hydrogen-bond acceptors (Lipinski definition) is 5. The maximum atomic E-state index is 9.99. The van der Waals surface area contributed by atoms with E-state index in [1.807, 2.05) is 36.0 Å². The predicted molar refractivity (Wildman–Crippen MR) is 105 cm³/mol. The number of aromatic nitrogens is 1. The first-order valence-corrected chi connectivity index (χ1v) is 9.91. The quantitative estimate of drug-likeness (QED) is 0.595. The molecule has 0 amide bonds. The van der Waals surface area contributed by atoms with Gasteiger partial charge in [0.05, 0.1) is 16.8 Å². The number of thiophene rings is 1. The van der Waals surface area contributed by atoms with Crippen molar-refractivity contribution < 1.29 is 5.11 Å². The summed E-state index contributed by atoms with van der Waals surface area (Å²) in [6.45, 7) is 4.08. The fourth-order valence-corrected chi connectivity index (χ4v) is 4.21. The highest BCUT2D eigenvalue weighted by Gasteiger charge is 2.09. The summed E-state index contributed by atoms with van der Waals surface area (Å²) in [6, 6.07) is 9.53. The van der Waals surface area contributed by atoms with E-state index < -0.39 is 0 Å². The lowest BCUT2D eigenvalue weighted by atomic mass is 10.2. The molecule has 0 aliphatic rings. The van der Waals surface area contributed by atoms with Crippen LogP contribution in [0.15, 0.2) is 55.7 Å². The van der Waals surface area contributed by atoms with Crippen molar-refractivity contribution in [3.63, 3.8) is 0 Å². The molecule has 2 heterocycles. The molecular weight excluding hydrogens is 406 g/mol. The molecule has 4 nitrogen and oxygen atoms in total. The molecule has 0 aliphatic heterocycles. The third kappa shape index (κ3) is 3.85. The minimum Gasteiger partial charge on any atom is -0.507 e. The van der Waals surface area contributed by atoms with Crippen molar-refractivity contribution in [1.29, 1.82) is 0 Å². The van der Waals surface area contributed by atoms with Crippen LogP contribution < -0.4 is 4.80 Å². The van der Waals surface area contributed by atoms with E-state index in [0.29, 0.717) is 5.56 Å². The van der Waals surface area contributed by atoms with Crippen LogP contribution in [-0.4, -0.2) is 22.0 Å². The van der Waals surface area contributed by atoms with Gasteiger partial charge in [0.15, 0.2) is 0 Å². The summed E-state index contributed by atoms with van der Waals surface area (Å²) in [4.78, 5) is 6.61. The van der Waals surface area contributed by atoms with Gasteiger partial charge in [-0.2, -0.15) is 5.10 Å². The predicted octanol–water partition coefficient (Wildman–Crippen LogP) is 4.94. The zero-order valence-electron chi connectivity index (χ0n) is 13.2. The van der Waals surface area contributed by atoms with Gasteiger partial charge in [0.2, 0.25) is 4.80 Å². The van der Waals surface area contributed by atoms with Crippen molar-refractivity contribution in [3.8, 4) is 16.3 Å². The monoisotopic (exact) mass is 421 g/mol. The largest absolute Gasteiger partial charge is 0.507 e. The highest BCUT2D eigenvalue weighted by atomic mass is 79.9. The number of aromatic hydroxyl groups is 1. The van der Waals surface area contributed by atoms with Crippen LogP contribution in [0.2, 0.25) is 0 Å². The first kappa shape index (κ1) is 17.1. The van der Waals surface area contributed by atoms with Crippen molar-refractivity contribution >= 4 is 44.8 Å². The minimum atomic E-state index is 0.181. The fraction of sp³-hybridized carbons (Fsp3) is 0.176. The van der Waals surface area contributed by atoms with Gasteiger partial charge in [-0.1, -0.05) is 22.0 Å². The van der Waals surface area contributed by atoms with Gasteiger partial charge in [0, 0.05) is 21.5 Å². The Hall–Kier alpha value is -1.70. The summed E-state index contributed by atoms with van der Waals surface area (Å²) in [7, 11) is 0. The summed E-state index contributed by atoms with van der Waals surface area (Å²) < 4.78 is 2.72. The lowest BCUT2D eigenvalue weighted by Crippen LogP contribution is -2.14. The van der Waals surface area contributed by atoms with Gasteiger partial charge < -0.3 is 5.11 Å². The zero-order valence-corrected chi connectivity index (χ0v) is 16.4. The smallest absolute Gasteiger partial charge is 0.206 e. The Morgan fingerprint density at radius 2 is 2.08 bits per heavy atom. The van der Waals surface area contributed by atoms with Crippen LogP contribution in [0.3, 0.4) is 0 Å². The number of hydrogen-bond donors (Lipinski definition) is 1. The Bertz CT molecular complexity index is 924. The van der Waals surface area contributed by atoms with Crippen molar-refractivity contribution in [2.45, 2.75) is 19.9 Å². The number of thiazole rings is 1. The number of halogens is 1. The molecular formula is C17H16BrN3OS2. The second-order valence-electron chi connectivity index (χ2n) is 5.36.